The average Bonchev–Trinajstić information content (AvgIpc) is 2.43. The van der Waals surface area contributed by atoms with Crippen LogP contribution in [0, 0.1) is 6.92 Å². The molecule has 0 unspecified atom stereocenters. The molecule has 0 saturated heterocycles. The van der Waals surface area contributed by atoms with Crippen molar-refractivity contribution in [3.63, 3.8) is 0 Å². The number of carbonyl (C=O) groups excluding carboxylic acids is 1. The van der Waals surface area contributed by atoms with Gasteiger partial charge in [0, 0.05) is 30.5 Å². The average molecular weight is 299 g/mol. The lowest BCUT2D eigenvalue weighted by Gasteiger charge is -2.21. The lowest BCUT2D eigenvalue weighted by atomic mass is 10.1. The molecular formula is C16H21N5O. The van der Waals surface area contributed by atoms with Crippen molar-refractivity contribution in [1.82, 2.24) is 20.3 Å². The highest BCUT2D eigenvalue weighted by atomic mass is 16.1. The van der Waals surface area contributed by atoms with Gasteiger partial charge in [-0.1, -0.05) is 6.07 Å². The van der Waals surface area contributed by atoms with E-state index >= 15 is 0 Å². The molecule has 2 rings (SSSR count). The predicted molar refractivity (Wildman–Crippen MR) is 85.6 cm³/mol. The molecule has 2 aromatic heterocycles. The van der Waals surface area contributed by atoms with E-state index in [-0.39, 0.29) is 11.4 Å². The second-order valence-corrected chi connectivity index (χ2v) is 6.10. The topological polar surface area (TPSA) is 79.8 Å². The van der Waals surface area contributed by atoms with Gasteiger partial charge in [-0.25, -0.2) is 9.97 Å². The number of pyridine rings is 1. The first-order valence-electron chi connectivity index (χ1n) is 7.14. The molecule has 0 aromatic carbocycles. The zero-order chi connectivity index (χ0) is 16.2. The fourth-order valence-corrected chi connectivity index (χ4v) is 1.91. The van der Waals surface area contributed by atoms with Crippen LogP contribution in [-0.4, -0.2) is 26.4 Å². The van der Waals surface area contributed by atoms with Gasteiger partial charge >= 0.3 is 0 Å². The SMILES string of the molecule is Cc1nc(NC(C)(C)C)cc(C(=O)NCc2cccnc2)n1. The van der Waals surface area contributed by atoms with Gasteiger partial charge in [-0.15, -0.1) is 0 Å². The Bertz CT molecular complexity index is 649. The van der Waals surface area contributed by atoms with Crippen LogP contribution in [0.1, 0.15) is 42.6 Å². The maximum atomic E-state index is 12.2. The molecule has 0 aliphatic carbocycles. The molecule has 6 heteroatoms. The molecule has 0 aliphatic rings. The second kappa shape index (κ2) is 6.51. The Morgan fingerprint density at radius 3 is 2.68 bits per heavy atom. The number of hydrogen-bond donors (Lipinski definition) is 2. The smallest absolute Gasteiger partial charge is 0.270 e. The zero-order valence-electron chi connectivity index (χ0n) is 13.3. The lowest BCUT2D eigenvalue weighted by molar-refractivity contribution is 0.0945. The summed E-state index contributed by atoms with van der Waals surface area (Å²) in [5.74, 6) is 0.971. The third kappa shape index (κ3) is 4.80. The van der Waals surface area contributed by atoms with E-state index in [1.807, 2.05) is 32.9 Å². The van der Waals surface area contributed by atoms with Gasteiger partial charge in [0.2, 0.25) is 0 Å². The molecule has 0 radical (unpaired) electrons. The van der Waals surface area contributed by atoms with Crippen LogP contribution in [0.2, 0.25) is 0 Å². The van der Waals surface area contributed by atoms with E-state index in [1.54, 1.807) is 25.4 Å². The summed E-state index contributed by atoms with van der Waals surface area (Å²) in [4.78, 5) is 24.8. The summed E-state index contributed by atoms with van der Waals surface area (Å²) in [6.07, 6.45) is 3.42. The van der Waals surface area contributed by atoms with E-state index < -0.39 is 0 Å². The van der Waals surface area contributed by atoms with Crippen LogP contribution >= 0.6 is 0 Å². The first-order chi connectivity index (χ1) is 10.3. The van der Waals surface area contributed by atoms with E-state index in [2.05, 4.69) is 25.6 Å². The normalized spacial score (nSPS) is 11.1. The fourth-order valence-electron chi connectivity index (χ4n) is 1.91. The van der Waals surface area contributed by atoms with E-state index in [9.17, 15) is 4.79 Å². The predicted octanol–water partition coefficient (Wildman–Crippen LogP) is 2.32. The molecule has 1 amide bonds. The van der Waals surface area contributed by atoms with Gasteiger partial charge in [-0.3, -0.25) is 9.78 Å². The number of nitrogens with one attached hydrogen (secondary N) is 2. The van der Waals surface area contributed by atoms with Gasteiger partial charge in [0.15, 0.2) is 0 Å². The third-order valence-corrected chi connectivity index (χ3v) is 2.75. The lowest BCUT2D eigenvalue weighted by Crippen LogP contribution is -2.28. The molecule has 22 heavy (non-hydrogen) atoms. The highest BCUT2D eigenvalue weighted by molar-refractivity contribution is 5.92. The van der Waals surface area contributed by atoms with Crippen LogP contribution in [0.25, 0.3) is 0 Å². The van der Waals surface area contributed by atoms with E-state index in [0.717, 1.165) is 5.56 Å². The number of aryl methyl sites for hydroxylation is 1. The van der Waals surface area contributed by atoms with Crippen molar-refractivity contribution >= 4 is 11.7 Å². The van der Waals surface area contributed by atoms with Gasteiger partial charge in [-0.2, -0.15) is 0 Å². The molecule has 0 atom stereocenters. The summed E-state index contributed by atoms with van der Waals surface area (Å²) >= 11 is 0. The van der Waals surface area contributed by atoms with E-state index in [4.69, 9.17) is 0 Å². The van der Waals surface area contributed by atoms with Crippen LogP contribution in [0.4, 0.5) is 5.82 Å². The Hall–Kier alpha value is -2.50. The van der Waals surface area contributed by atoms with Crippen LogP contribution in [-0.2, 0) is 6.54 Å². The van der Waals surface area contributed by atoms with Gasteiger partial charge in [-0.05, 0) is 39.3 Å². The molecule has 116 valence electrons. The molecule has 2 N–H and O–H groups in total. The molecule has 0 spiro atoms. The van der Waals surface area contributed by atoms with E-state index in [0.29, 0.717) is 23.9 Å². The minimum absolute atomic E-state index is 0.135. The molecule has 0 fully saturated rings. The standard InChI is InChI=1S/C16H21N5O/c1-11-19-13(8-14(20-11)21-16(2,3)4)15(22)18-10-12-6-5-7-17-9-12/h5-9H,10H2,1-4H3,(H,18,22)(H,19,20,21). The van der Waals surface area contributed by atoms with Gasteiger partial charge in [0.05, 0.1) is 0 Å². The number of hydrogen-bond acceptors (Lipinski definition) is 5. The van der Waals surface area contributed by atoms with Crippen molar-refractivity contribution in [3.8, 4) is 0 Å². The van der Waals surface area contributed by atoms with Crippen molar-refractivity contribution < 1.29 is 4.79 Å². The molecule has 6 nitrogen and oxygen atoms in total. The van der Waals surface area contributed by atoms with Gasteiger partial charge < -0.3 is 10.6 Å². The molecule has 2 heterocycles. The molecule has 2 aromatic rings. The number of anilines is 1. The largest absolute Gasteiger partial charge is 0.365 e. The maximum absolute atomic E-state index is 12.2. The number of amides is 1. The summed E-state index contributed by atoms with van der Waals surface area (Å²) < 4.78 is 0. The summed E-state index contributed by atoms with van der Waals surface area (Å²) in [7, 11) is 0. The Morgan fingerprint density at radius 1 is 1.27 bits per heavy atom. The maximum Gasteiger partial charge on any atom is 0.270 e. The molecular weight excluding hydrogens is 278 g/mol. The molecule has 0 bridgehead atoms. The second-order valence-electron chi connectivity index (χ2n) is 6.10. The van der Waals surface area contributed by atoms with Crippen molar-refractivity contribution in [2.24, 2.45) is 0 Å². The first kappa shape index (κ1) is 15.9. The molecule has 0 saturated carbocycles. The summed E-state index contributed by atoms with van der Waals surface area (Å²) in [5, 5.41) is 6.09. The van der Waals surface area contributed by atoms with Crippen molar-refractivity contribution in [3.05, 3.63) is 47.7 Å². The van der Waals surface area contributed by atoms with Crippen LogP contribution in [0.5, 0.6) is 0 Å². The van der Waals surface area contributed by atoms with Crippen LogP contribution in [0.3, 0.4) is 0 Å². The first-order valence-corrected chi connectivity index (χ1v) is 7.14. The zero-order valence-corrected chi connectivity index (χ0v) is 13.3. The fraction of sp³-hybridized carbons (Fsp3) is 0.375. The van der Waals surface area contributed by atoms with Crippen molar-refractivity contribution in [2.45, 2.75) is 39.8 Å². The highest BCUT2D eigenvalue weighted by Crippen LogP contribution is 2.13. The Balaban J connectivity index is 2.09. The summed E-state index contributed by atoms with van der Waals surface area (Å²) in [5.41, 5.74) is 1.15. The number of nitrogens with zero attached hydrogens (tertiary/aromatic N) is 3. The van der Waals surface area contributed by atoms with Gasteiger partial charge in [0.1, 0.15) is 17.3 Å². The minimum atomic E-state index is -0.230. The minimum Gasteiger partial charge on any atom is -0.365 e. The monoisotopic (exact) mass is 299 g/mol. The Labute approximate surface area is 130 Å². The number of rotatable bonds is 4. The Morgan fingerprint density at radius 2 is 2.05 bits per heavy atom. The number of aromatic nitrogens is 3. The third-order valence-electron chi connectivity index (χ3n) is 2.75. The van der Waals surface area contributed by atoms with Crippen molar-refractivity contribution in [2.75, 3.05) is 5.32 Å². The van der Waals surface area contributed by atoms with Gasteiger partial charge in [0.25, 0.3) is 5.91 Å². The van der Waals surface area contributed by atoms with Crippen molar-refractivity contribution in [1.29, 1.82) is 0 Å². The highest BCUT2D eigenvalue weighted by Gasteiger charge is 2.14. The molecule has 0 aliphatic heterocycles. The van der Waals surface area contributed by atoms with Crippen LogP contribution in [0.15, 0.2) is 30.6 Å². The summed E-state index contributed by atoms with van der Waals surface area (Å²) in [6, 6.07) is 5.41. The number of carbonyl (C=O) groups is 1. The van der Waals surface area contributed by atoms with Crippen LogP contribution < -0.4 is 10.6 Å². The quantitative estimate of drug-likeness (QED) is 0.905. The summed E-state index contributed by atoms with van der Waals surface area (Å²) in [6.45, 7) is 8.29. The van der Waals surface area contributed by atoms with E-state index in [1.165, 1.54) is 0 Å². The Kier molecular flexibility index (Phi) is 4.70.